The standard InChI is InChI=1S/C18H15BrN4OS/c1-2-25-18-21-17(24)15-13-10-12(19)8-9-14(13)20-16(23(15)22-18)11-6-4-3-5-7-11/h3-10,16H,2H2,1H3,(H,21,22,24). The summed E-state index contributed by atoms with van der Waals surface area (Å²) < 4.78 is 0.901. The molecule has 126 valence electrons. The Bertz CT molecular complexity index is 990. The van der Waals surface area contributed by atoms with Gasteiger partial charge in [-0.15, -0.1) is 5.10 Å². The first-order chi connectivity index (χ1) is 12.2. The Kier molecular flexibility index (Phi) is 4.35. The molecule has 4 rings (SSSR count). The van der Waals surface area contributed by atoms with E-state index in [-0.39, 0.29) is 12.1 Å². The average molecular weight is 415 g/mol. The zero-order chi connectivity index (χ0) is 17.4. The summed E-state index contributed by atoms with van der Waals surface area (Å²) in [5.41, 5.74) is 1.52. The zero-order valence-corrected chi connectivity index (χ0v) is 15.8. The number of fused-ring (bicyclic) bond motifs is 2. The van der Waals surface area contributed by atoms with E-state index in [1.807, 2.05) is 55.5 Å². The molecule has 5 nitrogen and oxygen atoms in total. The van der Waals surface area contributed by atoms with Crippen LogP contribution in [0.5, 0.6) is 0 Å². The SMILES string of the molecule is CCSC1=NN2C(=c3cc(Br)ccc3=NC2c2ccccc2)C(=O)N1. The third kappa shape index (κ3) is 2.98. The van der Waals surface area contributed by atoms with Gasteiger partial charge in [0, 0.05) is 9.69 Å². The fourth-order valence-corrected chi connectivity index (χ4v) is 3.84. The molecule has 0 spiro atoms. The Balaban J connectivity index is 1.98. The highest BCUT2D eigenvalue weighted by atomic mass is 79.9. The number of nitrogens with zero attached hydrogens (tertiary/aromatic N) is 3. The number of hydrazone groups is 1. The topological polar surface area (TPSA) is 57.1 Å². The Labute approximate surface area is 157 Å². The third-order valence-electron chi connectivity index (χ3n) is 3.95. The average Bonchev–Trinajstić information content (AvgIpc) is 2.62. The highest BCUT2D eigenvalue weighted by molar-refractivity contribution is 9.10. The summed E-state index contributed by atoms with van der Waals surface area (Å²) in [6, 6.07) is 15.7. The molecule has 2 aromatic rings. The maximum absolute atomic E-state index is 12.8. The molecule has 1 unspecified atom stereocenters. The van der Waals surface area contributed by atoms with E-state index in [0.717, 1.165) is 26.4 Å². The van der Waals surface area contributed by atoms with E-state index in [0.29, 0.717) is 10.9 Å². The summed E-state index contributed by atoms with van der Waals surface area (Å²) in [7, 11) is 0. The van der Waals surface area contributed by atoms with Crippen LogP contribution in [0.1, 0.15) is 18.7 Å². The lowest BCUT2D eigenvalue weighted by Gasteiger charge is -2.34. The highest BCUT2D eigenvalue weighted by Crippen LogP contribution is 2.30. The number of hydrogen-bond donors (Lipinski definition) is 1. The van der Waals surface area contributed by atoms with Crippen molar-refractivity contribution < 1.29 is 4.79 Å². The Morgan fingerprint density at radius 2 is 2.04 bits per heavy atom. The van der Waals surface area contributed by atoms with Gasteiger partial charge in [0.2, 0.25) is 0 Å². The van der Waals surface area contributed by atoms with Gasteiger partial charge in [0.1, 0.15) is 5.70 Å². The first-order valence-electron chi connectivity index (χ1n) is 7.92. The van der Waals surface area contributed by atoms with Crippen molar-refractivity contribution in [3.63, 3.8) is 0 Å². The van der Waals surface area contributed by atoms with Crippen LogP contribution in [0.3, 0.4) is 0 Å². The number of hydrogen-bond acceptors (Lipinski definition) is 5. The summed E-state index contributed by atoms with van der Waals surface area (Å²) in [5.74, 6) is 0.679. The fraction of sp³-hybridized carbons (Fsp3) is 0.167. The van der Waals surface area contributed by atoms with E-state index >= 15 is 0 Å². The molecule has 0 bridgehead atoms. The predicted octanol–water partition coefficient (Wildman–Crippen LogP) is 2.35. The van der Waals surface area contributed by atoms with Crippen molar-refractivity contribution >= 4 is 44.5 Å². The summed E-state index contributed by atoms with van der Waals surface area (Å²) >= 11 is 4.98. The molecular formula is C18H15BrN4OS. The van der Waals surface area contributed by atoms with Gasteiger partial charge in [-0.3, -0.25) is 15.1 Å². The van der Waals surface area contributed by atoms with E-state index in [9.17, 15) is 4.79 Å². The smallest absolute Gasteiger partial charge is 0.276 e. The van der Waals surface area contributed by atoms with Gasteiger partial charge in [0.05, 0.1) is 5.36 Å². The molecule has 2 aliphatic heterocycles. The van der Waals surface area contributed by atoms with Crippen LogP contribution < -0.4 is 15.9 Å². The van der Waals surface area contributed by atoms with Crippen LogP contribution in [-0.2, 0) is 4.79 Å². The predicted molar refractivity (Wildman–Crippen MR) is 103 cm³/mol. The van der Waals surface area contributed by atoms with Gasteiger partial charge < -0.3 is 0 Å². The maximum Gasteiger partial charge on any atom is 0.276 e. The van der Waals surface area contributed by atoms with E-state index in [4.69, 9.17) is 4.99 Å². The Hall–Kier alpha value is -2.12. The Morgan fingerprint density at radius 1 is 1.24 bits per heavy atom. The fourth-order valence-electron chi connectivity index (χ4n) is 2.90. The first kappa shape index (κ1) is 16.4. The number of nitrogens with one attached hydrogen (secondary N) is 1. The molecule has 1 amide bonds. The van der Waals surface area contributed by atoms with E-state index in [1.54, 1.807) is 5.01 Å². The largest absolute Gasteiger partial charge is 0.298 e. The normalized spacial score (nSPS) is 18.7. The van der Waals surface area contributed by atoms with Gasteiger partial charge in [-0.1, -0.05) is 64.9 Å². The number of carbonyl (C=O) groups is 1. The van der Waals surface area contributed by atoms with Crippen molar-refractivity contribution in [2.24, 2.45) is 10.1 Å². The molecule has 2 aromatic carbocycles. The zero-order valence-electron chi connectivity index (χ0n) is 13.4. The number of amides is 1. The van der Waals surface area contributed by atoms with Crippen molar-refractivity contribution in [3.05, 3.63) is 69.1 Å². The number of thioether (sulfide) groups is 1. The van der Waals surface area contributed by atoms with Gasteiger partial charge in [-0.2, -0.15) is 0 Å². The summed E-state index contributed by atoms with van der Waals surface area (Å²) in [5, 5.41) is 11.5. The van der Waals surface area contributed by atoms with Crippen molar-refractivity contribution in [2.45, 2.75) is 13.1 Å². The molecule has 0 aliphatic carbocycles. The molecule has 0 radical (unpaired) electrons. The summed E-state index contributed by atoms with van der Waals surface area (Å²) in [4.78, 5) is 17.7. The molecule has 25 heavy (non-hydrogen) atoms. The molecule has 7 heteroatoms. The second kappa shape index (κ2) is 6.65. The van der Waals surface area contributed by atoms with Crippen LogP contribution in [0.2, 0.25) is 0 Å². The molecule has 2 heterocycles. The molecule has 0 saturated carbocycles. The maximum atomic E-state index is 12.8. The number of amidine groups is 1. The highest BCUT2D eigenvalue weighted by Gasteiger charge is 2.34. The van der Waals surface area contributed by atoms with E-state index in [1.165, 1.54) is 11.8 Å². The van der Waals surface area contributed by atoms with Crippen LogP contribution in [-0.4, -0.2) is 21.8 Å². The molecule has 0 fully saturated rings. The molecule has 1 atom stereocenters. The number of carbonyl (C=O) groups excluding carboxylic acids is 1. The first-order valence-corrected chi connectivity index (χ1v) is 9.70. The second-order valence-corrected chi connectivity index (χ2v) is 7.73. The molecule has 0 saturated heterocycles. The lowest BCUT2D eigenvalue weighted by atomic mass is 10.1. The van der Waals surface area contributed by atoms with Crippen molar-refractivity contribution in [2.75, 3.05) is 5.75 Å². The summed E-state index contributed by atoms with van der Waals surface area (Å²) in [6.07, 6.45) is -0.358. The number of halogens is 1. The quantitative estimate of drug-likeness (QED) is 0.820. The molecular weight excluding hydrogens is 400 g/mol. The minimum absolute atomic E-state index is 0.152. The van der Waals surface area contributed by atoms with Crippen LogP contribution in [0.4, 0.5) is 0 Å². The lowest BCUT2D eigenvalue weighted by Crippen LogP contribution is -2.50. The van der Waals surface area contributed by atoms with Crippen LogP contribution in [0.25, 0.3) is 5.70 Å². The lowest BCUT2D eigenvalue weighted by molar-refractivity contribution is -0.116. The van der Waals surface area contributed by atoms with Crippen molar-refractivity contribution in [3.8, 4) is 0 Å². The van der Waals surface area contributed by atoms with Gasteiger partial charge in [-0.05, 0) is 29.5 Å². The molecule has 2 aliphatic rings. The van der Waals surface area contributed by atoms with Crippen molar-refractivity contribution in [1.29, 1.82) is 0 Å². The van der Waals surface area contributed by atoms with E-state index in [2.05, 4.69) is 26.3 Å². The van der Waals surface area contributed by atoms with Crippen LogP contribution in [0.15, 0.2) is 63.1 Å². The second-order valence-electron chi connectivity index (χ2n) is 5.56. The van der Waals surface area contributed by atoms with Crippen LogP contribution >= 0.6 is 27.7 Å². The Morgan fingerprint density at radius 3 is 2.80 bits per heavy atom. The van der Waals surface area contributed by atoms with Gasteiger partial charge in [-0.25, -0.2) is 5.01 Å². The monoisotopic (exact) mass is 414 g/mol. The van der Waals surface area contributed by atoms with Crippen LogP contribution in [0, 0.1) is 0 Å². The van der Waals surface area contributed by atoms with Gasteiger partial charge in [0.15, 0.2) is 11.3 Å². The minimum Gasteiger partial charge on any atom is -0.298 e. The van der Waals surface area contributed by atoms with Crippen molar-refractivity contribution in [1.82, 2.24) is 10.3 Å². The van der Waals surface area contributed by atoms with Gasteiger partial charge in [0.25, 0.3) is 5.91 Å². The molecule has 1 N–H and O–H groups in total. The third-order valence-corrected chi connectivity index (χ3v) is 5.19. The number of benzene rings is 2. The molecule has 0 aromatic heterocycles. The van der Waals surface area contributed by atoms with E-state index < -0.39 is 0 Å². The summed E-state index contributed by atoms with van der Waals surface area (Å²) in [6.45, 7) is 2.03. The minimum atomic E-state index is -0.358. The number of rotatable bonds is 2. The van der Waals surface area contributed by atoms with Gasteiger partial charge >= 0.3 is 0 Å².